The number of carbonyl (C=O) groups is 1. The van der Waals surface area contributed by atoms with E-state index in [-0.39, 0.29) is 5.56 Å². The summed E-state index contributed by atoms with van der Waals surface area (Å²) < 4.78 is 160. The molecule has 0 bridgehead atoms. The van der Waals surface area contributed by atoms with Crippen LogP contribution < -0.4 is 0 Å². The molecule has 1 N–H and O–H groups in total. The maximum atomic E-state index is 15.3. The fraction of sp³-hybridized carbons (Fsp3) is 0.667. The first kappa shape index (κ1) is 29.1. The molecule has 1 aliphatic rings. The maximum Gasteiger partial charge on any atom is 0.384 e. The summed E-state index contributed by atoms with van der Waals surface area (Å²) in [6, 6.07) is 6.96. The van der Waals surface area contributed by atoms with Gasteiger partial charge in [-0.15, -0.1) is 0 Å². The monoisotopic (exact) mass is 530 g/mol. The SMILES string of the molecule is CC(C)(C)OC(=O)C(O)(CCc1ccccc1)CC1(F)C(F)(F)C(F)(F)C(F)(F)C(F)(F)C1(F)F. The minimum Gasteiger partial charge on any atom is -0.458 e. The molecule has 200 valence electrons. The number of alkyl halides is 11. The third kappa shape index (κ3) is 4.14. The third-order valence-electron chi connectivity index (χ3n) is 5.56. The molecular formula is C21H21F11O3. The van der Waals surface area contributed by atoms with Crippen LogP contribution in [0.5, 0.6) is 0 Å². The van der Waals surface area contributed by atoms with Crippen molar-refractivity contribution in [3.63, 3.8) is 0 Å². The highest BCUT2D eigenvalue weighted by atomic mass is 19.4. The van der Waals surface area contributed by atoms with Crippen LogP contribution in [0.1, 0.15) is 39.2 Å². The number of carbonyl (C=O) groups excluding carboxylic acids is 1. The fourth-order valence-corrected chi connectivity index (χ4v) is 3.54. The highest BCUT2D eigenvalue weighted by molar-refractivity contribution is 5.80. The van der Waals surface area contributed by atoms with Crippen LogP contribution in [-0.4, -0.2) is 57.6 Å². The lowest BCUT2D eigenvalue weighted by molar-refractivity contribution is -0.487. The standard InChI is InChI=1S/C21H21F11O3/c1-14(2,3)35-13(33)15(34,10-9-12-7-5-4-6-8-12)11-16(22)17(23,24)19(27,28)21(31,32)20(29,30)18(16,25)26/h4-8,34H,9-11H2,1-3H3. The van der Waals surface area contributed by atoms with Crippen molar-refractivity contribution >= 4 is 5.97 Å². The van der Waals surface area contributed by atoms with E-state index in [4.69, 9.17) is 4.74 Å². The summed E-state index contributed by atoms with van der Waals surface area (Å²) in [5, 5.41) is 10.7. The Labute approximate surface area is 192 Å². The molecule has 1 atom stereocenters. The Hall–Kier alpha value is -2.12. The molecule has 1 aromatic rings. The van der Waals surface area contributed by atoms with Gasteiger partial charge in [0.25, 0.3) is 5.67 Å². The molecule has 0 heterocycles. The van der Waals surface area contributed by atoms with Crippen LogP contribution >= 0.6 is 0 Å². The second-order valence-corrected chi connectivity index (χ2v) is 9.37. The van der Waals surface area contributed by atoms with Gasteiger partial charge < -0.3 is 9.84 Å². The molecule has 3 nitrogen and oxygen atoms in total. The van der Waals surface area contributed by atoms with E-state index in [1.165, 1.54) is 30.3 Å². The first-order valence-electron chi connectivity index (χ1n) is 9.99. The summed E-state index contributed by atoms with van der Waals surface area (Å²) in [5.41, 5.74) is -11.7. The lowest BCUT2D eigenvalue weighted by atomic mass is 9.67. The van der Waals surface area contributed by atoms with Gasteiger partial charge in [0.1, 0.15) is 5.60 Å². The first-order valence-corrected chi connectivity index (χ1v) is 9.99. The van der Waals surface area contributed by atoms with Gasteiger partial charge in [-0.1, -0.05) is 30.3 Å². The molecule has 0 saturated heterocycles. The molecular weight excluding hydrogens is 509 g/mol. The summed E-state index contributed by atoms with van der Waals surface area (Å²) >= 11 is 0. The summed E-state index contributed by atoms with van der Waals surface area (Å²) in [4.78, 5) is 12.5. The Morgan fingerprint density at radius 1 is 0.771 bits per heavy atom. The number of ether oxygens (including phenoxy) is 1. The highest BCUT2D eigenvalue weighted by Gasteiger charge is 3.01. The number of esters is 1. The zero-order chi connectivity index (χ0) is 27.5. The van der Waals surface area contributed by atoms with Crippen LogP contribution in [0.3, 0.4) is 0 Å². The summed E-state index contributed by atoms with van der Waals surface area (Å²) in [7, 11) is 0. The van der Waals surface area contributed by atoms with Gasteiger partial charge in [0, 0.05) is 6.42 Å². The molecule has 0 spiro atoms. The fourth-order valence-electron chi connectivity index (χ4n) is 3.54. The van der Waals surface area contributed by atoms with Gasteiger partial charge in [0.15, 0.2) is 5.60 Å². The van der Waals surface area contributed by atoms with E-state index in [0.29, 0.717) is 0 Å². The van der Waals surface area contributed by atoms with Gasteiger partial charge in [-0.2, -0.15) is 43.9 Å². The Kier molecular flexibility index (Phi) is 6.82. The Morgan fingerprint density at radius 3 is 1.57 bits per heavy atom. The third-order valence-corrected chi connectivity index (χ3v) is 5.56. The summed E-state index contributed by atoms with van der Waals surface area (Å²) in [6.45, 7) is 3.42. The average Bonchev–Trinajstić information content (AvgIpc) is 2.70. The molecule has 1 unspecified atom stereocenters. The Bertz CT molecular complexity index is 912. The largest absolute Gasteiger partial charge is 0.458 e. The second-order valence-electron chi connectivity index (χ2n) is 9.37. The second kappa shape index (κ2) is 8.20. The minimum absolute atomic E-state index is 0.201. The molecule has 0 aliphatic heterocycles. The van der Waals surface area contributed by atoms with Crippen molar-refractivity contribution in [2.45, 2.75) is 86.5 Å². The highest BCUT2D eigenvalue weighted by Crippen LogP contribution is 2.70. The number of rotatable bonds is 6. The molecule has 0 radical (unpaired) electrons. The van der Waals surface area contributed by atoms with Crippen LogP contribution in [-0.2, 0) is 16.0 Å². The van der Waals surface area contributed by atoms with Gasteiger partial charge in [-0.3, -0.25) is 0 Å². The zero-order valence-corrected chi connectivity index (χ0v) is 18.4. The van der Waals surface area contributed by atoms with Crippen LogP contribution in [0.2, 0.25) is 0 Å². The Morgan fingerprint density at radius 2 is 1.17 bits per heavy atom. The topological polar surface area (TPSA) is 46.5 Å². The predicted octanol–water partition coefficient (Wildman–Crippen LogP) is 5.98. The van der Waals surface area contributed by atoms with Crippen molar-refractivity contribution in [3.05, 3.63) is 35.9 Å². The molecule has 1 fully saturated rings. The number of aliphatic hydroxyl groups is 1. The molecule has 2 rings (SSSR count). The number of aryl methyl sites for hydroxylation is 1. The van der Waals surface area contributed by atoms with E-state index in [2.05, 4.69) is 0 Å². The zero-order valence-electron chi connectivity index (χ0n) is 18.4. The minimum atomic E-state index is -7.39. The Balaban J connectivity index is 2.67. The normalized spacial score (nSPS) is 25.3. The quantitative estimate of drug-likeness (QED) is 0.364. The maximum absolute atomic E-state index is 15.3. The van der Waals surface area contributed by atoms with Crippen molar-refractivity contribution in [3.8, 4) is 0 Å². The number of hydrogen-bond donors (Lipinski definition) is 1. The molecule has 35 heavy (non-hydrogen) atoms. The van der Waals surface area contributed by atoms with E-state index >= 15 is 4.39 Å². The van der Waals surface area contributed by atoms with Crippen LogP contribution in [0.15, 0.2) is 30.3 Å². The molecule has 1 aliphatic carbocycles. The molecule has 14 heteroatoms. The summed E-state index contributed by atoms with van der Waals surface area (Å²) in [6.07, 6.45) is -4.92. The number of halogens is 11. The van der Waals surface area contributed by atoms with Crippen LogP contribution in [0.4, 0.5) is 48.3 Å². The number of benzene rings is 1. The van der Waals surface area contributed by atoms with Crippen LogP contribution in [0, 0.1) is 0 Å². The van der Waals surface area contributed by atoms with Gasteiger partial charge in [0.2, 0.25) is 0 Å². The number of hydrogen-bond acceptors (Lipinski definition) is 3. The van der Waals surface area contributed by atoms with E-state index in [0.717, 1.165) is 20.8 Å². The van der Waals surface area contributed by atoms with Gasteiger partial charge in [-0.25, -0.2) is 9.18 Å². The first-order chi connectivity index (χ1) is 15.4. The van der Waals surface area contributed by atoms with E-state index in [1.54, 1.807) is 0 Å². The summed E-state index contributed by atoms with van der Waals surface area (Å²) in [5.74, 6) is -38.5. The lowest BCUT2D eigenvalue weighted by Gasteiger charge is -2.53. The van der Waals surface area contributed by atoms with E-state index in [1.807, 2.05) is 0 Å². The predicted molar refractivity (Wildman–Crippen MR) is 98.7 cm³/mol. The van der Waals surface area contributed by atoms with Crippen molar-refractivity contribution in [2.75, 3.05) is 0 Å². The molecule has 0 aromatic heterocycles. The smallest absolute Gasteiger partial charge is 0.384 e. The van der Waals surface area contributed by atoms with E-state index in [9.17, 15) is 53.8 Å². The van der Waals surface area contributed by atoms with E-state index < -0.39 is 71.7 Å². The van der Waals surface area contributed by atoms with Crippen molar-refractivity contribution in [2.24, 2.45) is 0 Å². The van der Waals surface area contributed by atoms with Crippen LogP contribution in [0.25, 0.3) is 0 Å². The van der Waals surface area contributed by atoms with Crippen molar-refractivity contribution in [1.82, 2.24) is 0 Å². The van der Waals surface area contributed by atoms with Crippen molar-refractivity contribution in [1.29, 1.82) is 0 Å². The average molecular weight is 530 g/mol. The van der Waals surface area contributed by atoms with Gasteiger partial charge in [0.05, 0.1) is 0 Å². The van der Waals surface area contributed by atoms with Gasteiger partial charge >= 0.3 is 35.6 Å². The lowest BCUT2D eigenvalue weighted by Crippen LogP contribution is -2.84. The van der Waals surface area contributed by atoms with Crippen molar-refractivity contribution < 1.29 is 62.9 Å². The van der Waals surface area contributed by atoms with Gasteiger partial charge in [-0.05, 0) is 39.2 Å². The molecule has 1 saturated carbocycles. The molecule has 1 aromatic carbocycles. The molecule has 0 amide bonds.